The quantitative estimate of drug-likeness (QED) is 0.254. The van der Waals surface area contributed by atoms with E-state index in [1.807, 2.05) is 0 Å². The van der Waals surface area contributed by atoms with Crippen molar-refractivity contribution in [3.63, 3.8) is 0 Å². The number of nitrogens with zero attached hydrogens (tertiary/aromatic N) is 1. The van der Waals surface area contributed by atoms with E-state index in [1.165, 1.54) is 81.4 Å². The van der Waals surface area contributed by atoms with Gasteiger partial charge in [0.15, 0.2) is 0 Å². The lowest BCUT2D eigenvalue weighted by molar-refractivity contribution is 0.495. The molecule has 2 heteroatoms. The molecule has 27 heavy (non-hydrogen) atoms. The molecule has 1 nitrogen and oxygen atoms in total. The molecule has 0 aliphatic carbocycles. The van der Waals surface area contributed by atoms with Gasteiger partial charge in [0, 0.05) is 14.6 Å². The summed E-state index contributed by atoms with van der Waals surface area (Å²) in [7, 11) is 1.89. The number of unbranched alkanes of at least 4 members (excludes halogenated alkanes) is 9. The van der Waals surface area contributed by atoms with Crippen molar-refractivity contribution >= 4 is 18.7 Å². The third kappa shape index (κ3) is 8.58. The summed E-state index contributed by atoms with van der Waals surface area (Å²) < 4.78 is 2.59. The molecule has 0 radical (unpaired) electrons. The van der Waals surface area contributed by atoms with E-state index in [2.05, 4.69) is 79.3 Å². The van der Waals surface area contributed by atoms with Gasteiger partial charge < -0.3 is 0 Å². The van der Waals surface area contributed by atoms with Gasteiger partial charge in [-0.25, -0.2) is 0 Å². The van der Waals surface area contributed by atoms with Crippen molar-refractivity contribution in [2.45, 2.75) is 71.1 Å². The summed E-state index contributed by atoms with van der Waals surface area (Å²) in [4.78, 5) is 0. The van der Waals surface area contributed by atoms with Crippen LogP contribution in [0.4, 0.5) is 0 Å². The zero-order valence-corrected chi connectivity index (χ0v) is 18.3. The normalized spacial score (nSPS) is 11.4. The fourth-order valence-electron chi connectivity index (χ4n) is 3.61. The van der Waals surface area contributed by atoms with Crippen LogP contribution >= 0.6 is 8.07 Å². The molecule has 0 atom stereocenters. The van der Waals surface area contributed by atoms with Gasteiger partial charge in [0.25, 0.3) is 0 Å². The second-order valence-corrected chi connectivity index (χ2v) is 9.89. The third-order valence-corrected chi connectivity index (χ3v) is 7.64. The minimum absolute atomic E-state index is 0.415. The van der Waals surface area contributed by atoms with E-state index in [4.69, 9.17) is 0 Å². The first-order valence-corrected chi connectivity index (χ1v) is 12.2. The van der Waals surface area contributed by atoms with Crippen LogP contribution in [0.3, 0.4) is 0 Å². The van der Waals surface area contributed by atoms with Gasteiger partial charge in [-0.1, -0.05) is 125 Å². The fourth-order valence-corrected chi connectivity index (χ4v) is 5.95. The molecular weight excluding hydrogens is 345 g/mol. The Morgan fingerprint density at radius 2 is 1.00 bits per heavy atom. The molecule has 0 saturated heterocycles. The van der Waals surface area contributed by atoms with Gasteiger partial charge in [0.2, 0.25) is 0 Å². The maximum absolute atomic E-state index is 2.59. The first kappa shape index (κ1) is 22.1. The number of benzene rings is 2. The zero-order valence-electron chi connectivity index (χ0n) is 17.4. The first-order valence-electron chi connectivity index (χ1n) is 10.9. The van der Waals surface area contributed by atoms with Gasteiger partial charge in [-0.2, -0.15) is 0 Å². The minimum Gasteiger partial charge on any atom is -0.278 e. The van der Waals surface area contributed by atoms with Crippen molar-refractivity contribution in [2.24, 2.45) is 0 Å². The lowest BCUT2D eigenvalue weighted by Crippen LogP contribution is -2.26. The van der Waals surface area contributed by atoms with Crippen LogP contribution in [0.25, 0.3) is 0 Å². The topological polar surface area (TPSA) is 3.24 Å². The van der Waals surface area contributed by atoms with Crippen molar-refractivity contribution in [3.8, 4) is 0 Å². The summed E-state index contributed by atoms with van der Waals surface area (Å²) in [5.41, 5.74) is 0. The SMILES string of the molecule is CCCCCCCCCCCCN(C)P(c1ccccc1)c1ccccc1. The molecule has 2 aromatic rings. The average Bonchev–Trinajstić information content (AvgIpc) is 2.71. The van der Waals surface area contributed by atoms with Crippen molar-refractivity contribution in [1.29, 1.82) is 0 Å². The molecule has 0 aliphatic heterocycles. The van der Waals surface area contributed by atoms with Crippen LogP contribution in [0.15, 0.2) is 60.7 Å². The summed E-state index contributed by atoms with van der Waals surface area (Å²) in [5.74, 6) is 0. The van der Waals surface area contributed by atoms with Crippen LogP contribution in [0.5, 0.6) is 0 Å². The van der Waals surface area contributed by atoms with Gasteiger partial charge >= 0.3 is 0 Å². The van der Waals surface area contributed by atoms with Crippen LogP contribution < -0.4 is 10.6 Å². The summed E-state index contributed by atoms with van der Waals surface area (Å²) in [6.07, 6.45) is 14.0. The summed E-state index contributed by atoms with van der Waals surface area (Å²) in [6, 6.07) is 22.0. The van der Waals surface area contributed by atoms with E-state index in [9.17, 15) is 0 Å². The summed E-state index contributed by atoms with van der Waals surface area (Å²) in [5, 5.41) is 2.90. The van der Waals surface area contributed by atoms with Crippen LogP contribution in [0.2, 0.25) is 0 Å². The summed E-state index contributed by atoms with van der Waals surface area (Å²) in [6.45, 7) is 3.48. The maximum Gasteiger partial charge on any atom is 0.0278 e. The molecule has 2 rings (SSSR count). The lowest BCUT2D eigenvalue weighted by Gasteiger charge is -2.29. The molecule has 2 aromatic carbocycles. The van der Waals surface area contributed by atoms with Crippen molar-refractivity contribution < 1.29 is 0 Å². The van der Waals surface area contributed by atoms with E-state index in [0.717, 1.165) is 0 Å². The Morgan fingerprint density at radius 3 is 1.44 bits per heavy atom. The van der Waals surface area contributed by atoms with E-state index < -0.39 is 8.07 Å². The van der Waals surface area contributed by atoms with E-state index >= 15 is 0 Å². The molecule has 0 unspecified atom stereocenters. The lowest BCUT2D eigenvalue weighted by atomic mass is 10.1. The van der Waals surface area contributed by atoms with Crippen LogP contribution in [-0.4, -0.2) is 18.3 Å². The molecule has 0 spiro atoms. The predicted molar refractivity (Wildman–Crippen MR) is 124 cm³/mol. The van der Waals surface area contributed by atoms with Gasteiger partial charge in [0.1, 0.15) is 0 Å². The molecule has 148 valence electrons. The second kappa shape index (κ2) is 13.9. The molecule has 0 saturated carbocycles. The molecule has 0 bridgehead atoms. The first-order chi connectivity index (χ1) is 13.3. The second-order valence-electron chi connectivity index (χ2n) is 7.55. The summed E-state index contributed by atoms with van der Waals surface area (Å²) >= 11 is 0. The number of hydrogen-bond acceptors (Lipinski definition) is 1. The Balaban J connectivity index is 1.73. The molecule has 0 aliphatic rings. The Bertz CT molecular complexity index is 544. The Morgan fingerprint density at radius 1 is 0.593 bits per heavy atom. The predicted octanol–water partition coefficient (Wildman–Crippen LogP) is 6.89. The Kier molecular flexibility index (Phi) is 11.4. The Labute approximate surface area is 169 Å². The van der Waals surface area contributed by atoms with Crippen LogP contribution in [0.1, 0.15) is 71.1 Å². The molecule has 0 amide bonds. The smallest absolute Gasteiger partial charge is 0.0278 e. The van der Waals surface area contributed by atoms with Crippen LogP contribution in [-0.2, 0) is 0 Å². The van der Waals surface area contributed by atoms with Crippen molar-refractivity contribution in [1.82, 2.24) is 4.67 Å². The molecular formula is C25H38NP. The van der Waals surface area contributed by atoms with Gasteiger partial charge in [-0.05, 0) is 24.1 Å². The number of hydrogen-bond donors (Lipinski definition) is 0. The number of rotatable bonds is 14. The molecule has 0 heterocycles. The van der Waals surface area contributed by atoms with Crippen LogP contribution in [0, 0.1) is 0 Å². The monoisotopic (exact) mass is 383 g/mol. The largest absolute Gasteiger partial charge is 0.278 e. The van der Waals surface area contributed by atoms with Gasteiger partial charge in [-0.3, -0.25) is 4.67 Å². The average molecular weight is 384 g/mol. The Hall–Kier alpha value is -1.17. The highest BCUT2D eigenvalue weighted by Gasteiger charge is 2.18. The third-order valence-electron chi connectivity index (χ3n) is 5.18. The minimum atomic E-state index is -0.415. The van der Waals surface area contributed by atoms with E-state index in [-0.39, 0.29) is 0 Å². The van der Waals surface area contributed by atoms with E-state index in [0.29, 0.717) is 0 Å². The highest BCUT2D eigenvalue weighted by Crippen LogP contribution is 2.37. The molecule has 0 N–H and O–H groups in total. The van der Waals surface area contributed by atoms with Crippen molar-refractivity contribution in [2.75, 3.05) is 13.6 Å². The van der Waals surface area contributed by atoms with E-state index in [1.54, 1.807) is 0 Å². The maximum atomic E-state index is 2.59. The standard InChI is InChI=1S/C25H38NP/c1-3-4-5-6-7-8-9-10-11-18-23-26(2)27(24-19-14-12-15-20-24)25-21-16-13-17-22-25/h12-17,19-22H,3-11,18,23H2,1-2H3. The van der Waals surface area contributed by atoms with Gasteiger partial charge in [0.05, 0.1) is 0 Å². The fraction of sp³-hybridized carbons (Fsp3) is 0.520. The van der Waals surface area contributed by atoms with Gasteiger partial charge in [-0.15, -0.1) is 0 Å². The highest BCUT2D eigenvalue weighted by atomic mass is 31.1. The zero-order chi connectivity index (χ0) is 19.2. The molecule has 0 fully saturated rings. The highest BCUT2D eigenvalue weighted by molar-refractivity contribution is 7.70. The van der Waals surface area contributed by atoms with Crippen molar-refractivity contribution in [3.05, 3.63) is 60.7 Å². The molecule has 0 aromatic heterocycles.